The van der Waals surface area contributed by atoms with Crippen molar-refractivity contribution in [1.82, 2.24) is 0 Å². The molecule has 2 rings (SSSR count). The molecule has 3 heteroatoms. The molecule has 0 spiro atoms. The van der Waals surface area contributed by atoms with Gasteiger partial charge in [0.2, 0.25) is 0 Å². The predicted octanol–water partition coefficient (Wildman–Crippen LogP) is 3.59. The van der Waals surface area contributed by atoms with Crippen molar-refractivity contribution in [3.05, 3.63) is 59.7 Å². The minimum absolute atomic E-state index is 0.287. The number of ether oxygens (including phenoxy) is 2. The number of hydrogen-bond donors (Lipinski definition) is 1. The highest BCUT2D eigenvalue weighted by Gasteiger charge is 2.07. The molecule has 2 aromatic carbocycles. The number of aryl methyl sites for hydroxylation is 1. The Morgan fingerprint density at radius 2 is 1.76 bits per heavy atom. The second-order valence-electron chi connectivity index (χ2n) is 5.15. The van der Waals surface area contributed by atoms with E-state index in [9.17, 15) is 5.11 Å². The van der Waals surface area contributed by atoms with Crippen molar-refractivity contribution in [2.75, 3.05) is 7.11 Å². The van der Waals surface area contributed by atoms with Crippen molar-refractivity contribution in [2.45, 2.75) is 32.5 Å². The SMILES string of the molecule is COc1cc(CCC(C)O)ccc1OCc1ccccc1. The van der Waals surface area contributed by atoms with Gasteiger partial charge in [0, 0.05) is 0 Å². The molecule has 0 aliphatic heterocycles. The van der Waals surface area contributed by atoms with E-state index in [2.05, 4.69) is 0 Å². The third-order valence-electron chi connectivity index (χ3n) is 3.32. The van der Waals surface area contributed by atoms with E-state index in [1.165, 1.54) is 0 Å². The molecule has 3 nitrogen and oxygen atoms in total. The Bertz CT molecular complexity index is 550. The van der Waals surface area contributed by atoms with Gasteiger partial charge in [-0.1, -0.05) is 36.4 Å². The van der Waals surface area contributed by atoms with E-state index < -0.39 is 0 Å². The lowest BCUT2D eigenvalue weighted by molar-refractivity contribution is 0.185. The molecule has 1 unspecified atom stereocenters. The standard InChI is InChI=1S/C18H22O3/c1-14(19)8-9-15-10-11-17(18(12-15)20-2)21-13-16-6-4-3-5-7-16/h3-7,10-12,14,19H,8-9,13H2,1-2H3. The summed E-state index contributed by atoms with van der Waals surface area (Å²) in [5.74, 6) is 1.47. The zero-order valence-corrected chi connectivity index (χ0v) is 12.6. The van der Waals surface area contributed by atoms with E-state index in [1.807, 2.05) is 48.5 Å². The fourth-order valence-corrected chi connectivity index (χ4v) is 2.10. The maximum absolute atomic E-state index is 9.35. The lowest BCUT2D eigenvalue weighted by Crippen LogP contribution is -2.02. The molecule has 0 radical (unpaired) electrons. The highest BCUT2D eigenvalue weighted by atomic mass is 16.5. The number of methoxy groups -OCH3 is 1. The van der Waals surface area contributed by atoms with Crippen LogP contribution in [-0.2, 0) is 13.0 Å². The minimum atomic E-state index is -0.287. The molecule has 2 aromatic rings. The summed E-state index contributed by atoms with van der Waals surface area (Å²) >= 11 is 0. The first-order valence-corrected chi connectivity index (χ1v) is 7.20. The largest absolute Gasteiger partial charge is 0.493 e. The van der Waals surface area contributed by atoms with E-state index in [0.717, 1.165) is 35.5 Å². The van der Waals surface area contributed by atoms with Crippen molar-refractivity contribution in [3.8, 4) is 11.5 Å². The Kier molecular flexibility index (Phi) is 5.64. The first-order chi connectivity index (χ1) is 10.2. The topological polar surface area (TPSA) is 38.7 Å². The molecule has 0 saturated heterocycles. The van der Waals surface area contributed by atoms with Crippen LogP contribution in [0.25, 0.3) is 0 Å². The third kappa shape index (κ3) is 4.80. The zero-order chi connectivity index (χ0) is 15.1. The lowest BCUT2D eigenvalue weighted by atomic mass is 10.1. The van der Waals surface area contributed by atoms with Crippen LogP contribution in [0.2, 0.25) is 0 Å². The van der Waals surface area contributed by atoms with Crippen LogP contribution >= 0.6 is 0 Å². The summed E-state index contributed by atoms with van der Waals surface area (Å²) in [5, 5.41) is 9.35. The maximum atomic E-state index is 9.35. The zero-order valence-electron chi connectivity index (χ0n) is 12.6. The Morgan fingerprint density at radius 1 is 1.00 bits per heavy atom. The van der Waals surface area contributed by atoms with Crippen LogP contribution in [0.1, 0.15) is 24.5 Å². The van der Waals surface area contributed by atoms with Gasteiger partial charge in [-0.2, -0.15) is 0 Å². The molecular formula is C18H22O3. The molecule has 0 heterocycles. The second-order valence-corrected chi connectivity index (χ2v) is 5.15. The van der Waals surface area contributed by atoms with Gasteiger partial charge in [0.15, 0.2) is 11.5 Å². The maximum Gasteiger partial charge on any atom is 0.161 e. The summed E-state index contributed by atoms with van der Waals surface area (Å²) in [6.45, 7) is 2.32. The van der Waals surface area contributed by atoms with Gasteiger partial charge in [0.1, 0.15) is 6.61 Å². The minimum Gasteiger partial charge on any atom is -0.493 e. The van der Waals surface area contributed by atoms with Gasteiger partial charge in [-0.15, -0.1) is 0 Å². The number of rotatable bonds is 7. The monoisotopic (exact) mass is 286 g/mol. The van der Waals surface area contributed by atoms with Crippen molar-refractivity contribution >= 4 is 0 Å². The van der Waals surface area contributed by atoms with Gasteiger partial charge >= 0.3 is 0 Å². The third-order valence-corrected chi connectivity index (χ3v) is 3.32. The highest BCUT2D eigenvalue weighted by molar-refractivity contribution is 5.43. The molecule has 0 fully saturated rings. The van der Waals surface area contributed by atoms with Crippen LogP contribution in [-0.4, -0.2) is 18.3 Å². The van der Waals surface area contributed by atoms with Gasteiger partial charge < -0.3 is 14.6 Å². The Balaban J connectivity index is 2.02. The van der Waals surface area contributed by atoms with Crippen molar-refractivity contribution in [1.29, 1.82) is 0 Å². The quantitative estimate of drug-likeness (QED) is 0.845. The van der Waals surface area contributed by atoms with E-state index in [-0.39, 0.29) is 6.10 Å². The smallest absolute Gasteiger partial charge is 0.161 e. The molecule has 0 saturated carbocycles. The summed E-state index contributed by atoms with van der Waals surface area (Å²) in [5.41, 5.74) is 2.26. The molecule has 112 valence electrons. The van der Waals surface area contributed by atoms with Gasteiger partial charge in [-0.05, 0) is 43.0 Å². The normalized spacial score (nSPS) is 12.0. The van der Waals surface area contributed by atoms with Gasteiger partial charge in [0.05, 0.1) is 13.2 Å². The first kappa shape index (κ1) is 15.4. The van der Waals surface area contributed by atoms with Crippen LogP contribution in [0, 0.1) is 0 Å². The van der Waals surface area contributed by atoms with Gasteiger partial charge in [-0.3, -0.25) is 0 Å². The fraction of sp³-hybridized carbons (Fsp3) is 0.333. The summed E-state index contributed by atoms with van der Waals surface area (Å²) in [6, 6.07) is 16.0. The first-order valence-electron chi connectivity index (χ1n) is 7.20. The Morgan fingerprint density at radius 3 is 2.43 bits per heavy atom. The molecule has 0 amide bonds. The summed E-state index contributed by atoms with van der Waals surface area (Å²) in [7, 11) is 1.64. The second kappa shape index (κ2) is 7.70. The van der Waals surface area contributed by atoms with Crippen molar-refractivity contribution in [2.24, 2.45) is 0 Å². The average molecular weight is 286 g/mol. The van der Waals surface area contributed by atoms with Gasteiger partial charge in [-0.25, -0.2) is 0 Å². The molecule has 21 heavy (non-hydrogen) atoms. The van der Waals surface area contributed by atoms with E-state index >= 15 is 0 Å². The highest BCUT2D eigenvalue weighted by Crippen LogP contribution is 2.29. The molecule has 0 aromatic heterocycles. The lowest BCUT2D eigenvalue weighted by Gasteiger charge is -2.12. The van der Waals surface area contributed by atoms with Crippen LogP contribution in [0.4, 0.5) is 0 Å². The number of aliphatic hydroxyl groups excluding tert-OH is 1. The Hall–Kier alpha value is -2.00. The van der Waals surface area contributed by atoms with Crippen LogP contribution in [0.3, 0.4) is 0 Å². The summed E-state index contributed by atoms with van der Waals surface area (Å²) in [6.07, 6.45) is 1.28. The predicted molar refractivity (Wildman–Crippen MR) is 83.8 cm³/mol. The van der Waals surface area contributed by atoms with E-state index in [4.69, 9.17) is 9.47 Å². The molecule has 0 bridgehead atoms. The van der Waals surface area contributed by atoms with Crippen LogP contribution in [0.5, 0.6) is 11.5 Å². The van der Waals surface area contributed by atoms with Crippen LogP contribution < -0.4 is 9.47 Å². The number of aliphatic hydroxyl groups is 1. The molecular weight excluding hydrogens is 264 g/mol. The summed E-state index contributed by atoms with van der Waals surface area (Å²) in [4.78, 5) is 0. The van der Waals surface area contributed by atoms with E-state index in [1.54, 1.807) is 14.0 Å². The molecule has 1 N–H and O–H groups in total. The Labute approximate surface area is 126 Å². The number of hydrogen-bond acceptors (Lipinski definition) is 3. The number of benzene rings is 2. The molecule has 0 aliphatic carbocycles. The van der Waals surface area contributed by atoms with Crippen LogP contribution in [0.15, 0.2) is 48.5 Å². The van der Waals surface area contributed by atoms with Gasteiger partial charge in [0.25, 0.3) is 0 Å². The fourth-order valence-electron chi connectivity index (χ4n) is 2.10. The molecule has 1 atom stereocenters. The van der Waals surface area contributed by atoms with E-state index in [0.29, 0.717) is 6.61 Å². The van der Waals surface area contributed by atoms with Crippen molar-refractivity contribution < 1.29 is 14.6 Å². The average Bonchev–Trinajstić information content (AvgIpc) is 2.52. The van der Waals surface area contributed by atoms with Crippen molar-refractivity contribution in [3.63, 3.8) is 0 Å². The summed E-state index contributed by atoms with van der Waals surface area (Å²) < 4.78 is 11.2. The molecule has 0 aliphatic rings.